The molecule has 6 nitrogen and oxygen atoms in total. The second-order valence-electron chi connectivity index (χ2n) is 14.5. The van der Waals surface area contributed by atoms with Crippen molar-refractivity contribution >= 4 is 23.8 Å². The quantitative estimate of drug-likeness (QED) is 0.145. The van der Waals surface area contributed by atoms with E-state index >= 15 is 0 Å². The Bertz CT molecular complexity index is 1300. The Balaban J connectivity index is 2.63. The van der Waals surface area contributed by atoms with Crippen LogP contribution in [0.2, 0.25) is 0 Å². The molecule has 0 aromatic heterocycles. The maximum atomic E-state index is 13.2. The molecule has 0 N–H and O–H groups in total. The van der Waals surface area contributed by atoms with Crippen molar-refractivity contribution < 1.29 is 28.6 Å². The molecular formula is C35H48O6. The number of carbonyl (C=O) groups is 3. The molecule has 0 aliphatic carbocycles. The highest BCUT2D eigenvalue weighted by Gasteiger charge is 2.35. The molecule has 41 heavy (non-hydrogen) atoms. The van der Waals surface area contributed by atoms with Crippen molar-refractivity contribution in [2.45, 2.75) is 101 Å². The molecule has 0 saturated heterocycles. The number of hydrogen-bond acceptors (Lipinski definition) is 6. The molecule has 6 heteroatoms. The van der Waals surface area contributed by atoms with E-state index in [1.807, 2.05) is 33.8 Å². The number of esters is 2. The van der Waals surface area contributed by atoms with Gasteiger partial charge in [0.15, 0.2) is 5.78 Å². The molecule has 2 rings (SSSR count). The summed E-state index contributed by atoms with van der Waals surface area (Å²) in [4.78, 5) is 38.4. The number of benzene rings is 2. The number of allylic oxidation sites excluding steroid dienone is 1. The minimum atomic E-state index is -0.693. The van der Waals surface area contributed by atoms with Gasteiger partial charge in [0, 0.05) is 22.3 Å². The summed E-state index contributed by atoms with van der Waals surface area (Å²) in [6.45, 7) is 25.5. The van der Waals surface area contributed by atoms with Crippen LogP contribution in [0.1, 0.15) is 117 Å². The van der Waals surface area contributed by atoms with Gasteiger partial charge in [-0.25, -0.2) is 0 Å². The second-order valence-corrected chi connectivity index (χ2v) is 14.5. The predicted molar refractivity (Wildman–Crippen MR) is 165 cm³/mol. The molecule has 2 aromatic rings. The molecule has 0 amide bonds. The summed E-state index contributed by atoms with van der Waals surface area (Å²) in [5.74, 6) is 0.593. The lowest BCUT2D eigenvalue weighted by Gasteiger charge is -2.33. The first-order chi connectivity index (χ1) is 18.6. The Labute approximate surface area is 246 Å². The van der Waals surface area contributed by atoms with E-state index in [-0.39, 0.29) is 23.1 Å². The largest absolute Gasteiger partial charge is 0.493 e. The average molecular weight is 565 g/mol. The first-order valence-corrected chi connectivity index (χ1v) is 14.2. The van der Waals surface area contributed by atoms with Gasteiger partial charge >= 0.3 is 11.9 Å². The minimum Gasteiger partial charge on any atom is -0.493 e. The van der Waals surface area contributed by atoms with Crippen LogP contribution in [0.5, 0.6) is 17.2 Å². The normalized spacial score (nSPS) is 12.8. The third-order valence-corrected chi connectivity index (χ3v) is 6.29. The van der Waals surface area contributed by atoms with E-state index in [0.29, 0.717) is 29.4 Å². The highest BCUT2D eigenvalue weighted by molar-refractivity contribution is 6.07. The van der Waals surface area contributed by atoms with Crippen LogP contribution in [0.4, 0.5) is 0 Å². The lowest BCUT2D eigenvalue weighted by Crippen LogP contribution is -2.29. The standard InChI is InChI=1S/C35H48O6/c1-14-39-28-23(17-20-26(36)22-15-18-24(19-16-22)40-30(37)34(8,9)10)21-25(32(2,3)4)29(27(28)33(5,6)7)41-31(38)35(11,12)13/h15-21H,14H2,1-13H3. The number of hydrogen-bond donors (Lipinski definition) is 0. The van der Waals surface area contributed by atoms with E-state index in [4.69, 9.17) is 14.2 Å². The number of ketones is 1. The molecule has 224 valence electrons. The van der Waals surface area contributed by atoms with Crippen molar-refractivity contribution in [2.24, 2.45) is 10.8 Å². The molecule has 0 atom stereocenters. The van der Waals surface area contributed by atoms with E-state index < -0.39 is 16.2 Å². The molecule has 0 radical (unpaired) electrons. The molecular weight excluding hydrogens is 516 g/mol. The predicted octanol–water partition coefficient (Wildman–Crippen LogP) is 8.48. The van der Waals surface area contributed by atoms with E-state index in [2.05, 4.69) is 41.5 Å². The minimum absolute atomic E-state index is 0.209. The number of carbonyl (C=O) groups excluding carboxylic acids is 3. The fourth-order valence-corrected chi connectivity index (χ4v) is 3.89. The Hall–Kier alpha value is -3.41. The van der Waals surface area contributed by atoms with Gasteiger partial charge in [-0.1, -0.05) is 41.5 Å². The number of ether oxygens (including phenoxy) is 3. The fraction of sp³-hybridized carbons (Fsp3) is 0.514. The van der Waals surface area contributed by atoms with E-state index in [1.165, 1.54) is 6.08 Å². The Morgan fingerprint density at radius 2 is 1.22 bits per heavy atom. The van der Waals surface area contributed by atoms with Crippen LogP contribution >= 0.6 is 0 Å². The van der Waals surface area contributed by atoms with Crippen molar-refractivity contribution in [3.63, 3.8) is 0 Å². The van der Waals surface area contributed by atoms with Crippen molar-refractivity contribution in [3.05, 3.63) is 58.7 Å². The van der Waals surface area contributed by atoms with Crippen LogP contribution in [0.25, 0.3) is 6.08 Å². The van der Waals surface area contributed by atoms with Gasteiger partial charge in [-0.2, -0.15) is 0 Å². The summed E-state index contributed by atoms with van der Waals surface area (Å²) in [6, 6.07) is 8.45. The molecule has 0 unspecified atom stereocenters. The van der Waals surface area contributed by atoms with Crippen LogP contribution < -0.4 is 14.2 Å². The summed E-state index contributed by atoms with van der Waals surface area (Å²) in [7, 11) is 0. The van der Waals surface area contributed by atoms with Gasteiger partial charge in [-0.15, -0.1) is 0 Å². The van der Waals surface area contributed by atoms with Crippen LogP contribution in [0, 0.1) is 10.8 Å². The third-order valence-electron chi connectivity index (χ3n) is 6.29. The first-order valence-electron chi connectivity index (χ1n) is 14.2. The second kappa shape index (κ2) is 12.2. The smallest absolute Gasteiger partial charge is 0.316 e. The molecule has 0 bridgehead atoms. The zero-order chi connectivity index (χ0) is 31.6. The van der Waals surface area contributed by atoms with E-state index in [0.717, 1.165) is 16.7 Å². The monoisotopic (exact) mass is 564 g/mol. The van der Waals surface area contributed by atoms with Gasteiger partial charge in [0.05, 0.1) is 17.4 Å². The summed E-state index contributed by atoms with van der Waals surface area (Å²) in [6.07, 6.45) is 3.26. The third kappa shape index (κ3) is 8.79. The Kier molecular flexibility index (Phi) is 10.1. The molecule has 0 spiro atoms. The maximum Gasteiger partial charge on any atom is 0.316 e. The summed E-state index contributed by atoms with van der Waals surface area (Å²) >= 11 is 0. The molecule has 0 heterocycles. The van der Waals surface area contributed by atoms with Crippen LogP contribution in [-0.2, 0) is 20.4 Å². The maximum absolute atomic E-state index is 13.2. The Morgan fingerprint density at radius 3 is 1.66 bits per heavy atom. The first kappa shape index (κ1) is 33.8. The van der Waals surface area contributed by atoms with Crippen molar-refractivity contribution in [1.29, 1.82) is 0 Å². The van der Waals surface area contributed by atoms with Gasteiger partial charge in [0.25, 0.3) is 0 Å². The lowest BCUT2D eigenvalue weighted by atomic mass is 9.77. The summed E-state index contributed by atoms with van der Waals surface area (Å²) in [5.41, 5.74) is 0.675. The van der Waals surface area contributed by atoms with Gasteiger partial charge in [0.2, 0.25) is 0 Å². The molecule has 2 aromatic carbocycles. The molecule has 0 aliphatic rings. The van der Waals surface area contributed by atoms with E-state index in [1.54, 1.807) is 51.1 Å². The molecule has 0 fully saturated rings. The topological polar surface area (TPSA) is 78.9 Å². The highest BCUT2D eigenvalue weighted by atomic mass is 16.5. The van der Waals surface area contributed by atoms with Crippen LogP contribution in [0.15, 0.2) is 36.4 Å². The van der Waals surface area contributed by atoms with E-state index in [9.17, 15) is 14.4 Å². The van der Waals surface area contributed by atoms with Crippen LogP contribution in [-0.4, -0.2) is 24.3 Å². The number of rotatable bonds is 7. The fourth-order valence-electron chi connectivity index (χ4n) is 3.89. The van der Waals surface area contributed by atoms with Gasteiger partial charge in [0.1, 0.15) is 17.2 Å². The highest BCUT2D eigenvalue weighted by Crippen LogP contribution is 2.48. The van der Waals surface area contributed by atoms with Crippen LogP contribution in [0.3, 0.4) is 0 Å². The van der Waals surface area contributed by atoms with Crippen molar-refractivity contribution in [1.82, 2.24) is 0 Å². The van der Waals surface area contributed by atoms with Gasteiger partial charge < -0.3 is 14.2 Å². The van der Waals surface area contributed by atoms with Gasteiger partial charge in [-0.05, 0) is 102 Å². The van der Waals surface area contributed by atoms with Crippen molar-refractivity contribution in [3.8, 4) is 17.2 Å². The lowest BCUT2D eigenvalue weighted by molar-refractivity contribution is -0.143. The van der Waals surface area contributed by atoms with Gasteiger partial charge in [-0.3, -0.25) is 14.4 Å². The zero-order valence-corrected chi connectivity index (χ0v) is 27.2. The molecule has 0 aliphatic heterocycles. The Morgan fingerprint density at radius 1 is 0.707 bits per heavy atom. The molecule has 0 saturated carbocycles. The average Bonchev–Trinajstić information content (AvgIpc) is 2.81. The van der Waals surface area contributed by atoms with Crippen molar-refractivity contribution in [2.75, 3.05) is 6.61 Å². The summed E-state index contributed by atoms with van der Waals surface area (Å²) in [5, 5.41) is 0. The zero-order valence-electron chi connectivity index (χ0n) is 27.2. The summed E-state index contributed by atoms with van der Waals surface area (Å²) < 4.78 is 17.7. The SMILES string of the molecule is CCOc1c(C=CC(=O)c2ccc(OC(=O)C(C)(C)C)cc2)cc(C(C)(C)C)c(OC(=O)C(C)(C)C)c1C(C)(C)C.